The van der Waals surface area contributed by atoms with Crippen LogP contribution in [0.15, 0.2) is 36.4 Å². The van der Waals surface area contributed by atoms with Crippen LogP contribution in [0.2, 0.25) is 0 Å². The van der Waals surface area contributed by atoms with Crippen LogP contribution in [0.25, 0.3) is 0 Å². The van der Waals surface area contributed by atoms with Crippen molar-refractivity contribution < 1.29 is 4.74 Å². The fourth-order valence-corrected chi connectivity index (χ4v) is 1.97. The molecule has 0 saturated carbocycles. The van der Waals surface area contributed by atoms with Gasteiger partial charge in [0.1, 0.15) is 12.4 Å². The molecule has 3 nitrogen and oxygen atoms in total. The lowest BCUT2D eigenvalue weighted by Gasteiger charge is -2.14. The van der Waals surface area contributed by atoms with Gasteiger partial charge in [-0.1, -0.05) is 18.2 Å². The van der Waals surface area contributed by atoms with Crippen LogP contribution in [0, 0.1) is 13.8 Å². The van der Waals surface area contributed by atoms with E-state index in [0.717, 1.165) is 28.3 Å². The van der Waals surface area contributed by atoms with E-state index in [1.165, 1.54) is 0 Å². The summed E-state index contributed by atoms with van der Waals surface area (Å²) >= 11 is 0. The number of aryl methyl sites for hydroxylation is 2. The van der Waals surface area contributed by atoms with E-state index in [4.69, 9.17) is 10.5 Å². The fraction of sp³-hybridized carbons (Fsp3) is 0.312. The predicted molar refractivity (Wildman–Crippen MR) is 77.1 cm³/mol. The van der Waals surface area contributed by atoms with Gasteiger partial charge in [-0.2, -0.15) is 0 Å². The number of pyridine rings is 1. The average Bonchev–Trinajstić information content (AvgIpc) is 2.36. The molecule has 3 heteroatoms. The van der Waals surface area contributed by atoms with Gasteiger partial charge >= 0.3 is 0 Å². The minimum absolute atomic E-state index is 0.0407. The number of rotatable bonds is 4. The molecule has 0 aliphatic carbocycles. The van der Waals surface area contributed by atoms with Crippen LogP contribution < -0.4 is 10.5 Å². The standard InChI is InChI=1S/C16H20N2O/c1-11-7-8-15(13(3)17)16(9-11)19-10-14-6-4-5-12(2)18-14/h4-9,13H,10,17H2,1-3H3/t13-/m0/s1. The highest BCUT2D eigenvalue weighted by Gasteiger charge is 2.08. The van der Waals surface area contributed by atoms with E-state index in [2.05, 4.69) is 11.1 Å². The SMILES string of the molecule is Cc1ccc([C@H](C)N)c(OCc2cccc(C)n2)c1. The molecule has 0 fully saturated rings. The smallest absolute Gasteiger partial charge is 0.130 e. The van der Waals surface area contributed by atoms with Crippen LogP contribution in [-0.4, -0.2) is 4.98 Å². The number of ether oxygens (including phenoxy) is 1. The number of nitrogens with zero attached hydrogens (tertiary/aromatic N) is 1. The quantitative estimate of drug-likeness (QED) is 0.913. The van der Waals surface area contributed by atoms with Gasteiger partial charge < -0.3 is 10.5 Å². The first-order valence-electron chi connectivity index (χ1n) is 6.47. The van der Waals surface area contributed by atoms with Crippen LogP contribution in [0.1, 0.15) is 35.5 Å². The number of hydrogen-bond acceptors (Lipinski definition) is 3. The minimum atomic E-state index is -0.0407. The summed E-state index contributed by atoms with van der Waals surface area (Å²) in [6, 6.07) is 12.0. The van der Waals surface area contributed by atoms with Crippen LogP contribution >= 0.6 is 0 Å². The van der Waals surface area contributed by atoms with Crippen LogP contribution in [0.3, 0.4) is 0 Å². The zero-order valence-corrected chi connectivity index (χ0v) is 11.7. The van der Waals surface area contributed by atoms with Crippen molar-refractivity contribution in [3.05, 3.63) is 58.9 Å². The Morgan fingerprint density at radius 3 is 2.68 bits per heavy atom. The van der Waals surface area contributed by atoms with E-state index in [-0.39, 0.29) is 6.04 Å². The van der Waals surface area contributed by atoms with Crippen LogP contribution in [-0.2, 0) is 6.61 Å². The molecule has 19 heavy (non-hydrogen) atoms. The zero-order chi connectivity index (χ0) is 13.8. The lowest BCUT2D eigenvalue weighted by Crippen LogP contribution is -2.08. The normalized spacial score (nSPS) is 12.2. The number of hydrogen-bond donors (Lipinski definition) is 1. The highest BCUT2D eigenvalue weighted by atomic mass is 16.5. The fourth-order valence-electron chi connectivity index (χ4n) is 1.97. The monoisotopic (exact) mass is 256 g/mol. The number of nitrogens with two attached hydrogens (primary N) is 1. The Kier molecular flexibility index (Phi) is 4.17. The lowest BCUT2D eigenvalue weighted by molar-refractivity contribution is 0.296. The third-order valence-corrected chi connectivity index (χ3v) is 2.98. The van der Waals surface area contributed by atoms with E-state index < -0.39 is 0 Å². The maximum atomic E-state index is 5.96. The van der Waals surface area contributed by atoms with Crippen LogP contribution in [0.5, 0.6) is 5.75 Å². The summed E-state index contributed by atoms with van der Waals surface area (Å²) in [5.41, 5.74) is 10.1. The molecule has 0 amide bonds. The molecular weight excluding hydrogens is 236 g/mol. The van der Waals surface area contributed by atoms with Crippen molar-refractivity contribution in [2.45, 2.75) is 33.4 Å². The molecule has 2 rings (SSSR count). The first-order chi connectivity index (χ1) is 9.06. The Morgan fingerprint density at radius 2 is 2.00 bits per heavy atom. The van der Waals surface area contributed by atoms with E-state index >= 15 is 0 Å². The van der Waals surface area contributed by atoms with E-state index in [0.29, 0.717) is 6.61 Å². The summed E-state index contributed by atoms with van der Waals surface area (Å²) in [6.07, 6.45) is 0. The highest BCUT2D eigenvalue weighted by Crippen LogP contribution is 2.25. The lowest BCUT2D eigenvalue weighted by atomic mass is 10.1. The van der Waals surface area contributed by atoms with Crippen molar-refractivity contribution in [2.75, 3.05) is 0 Å². The first kappa shape index (κ1) is 13.6. The molecule has 0 radical (unpaired) electrons. The Hall–Kier alpha value is -1.87. The van der Waals surface area contributed by atoms with E-state index in [1.54, 1.807) is 0 Å². The second kappa shape index (κ2) is 5.85. The molecule has 0 bridgehead atoms. The summed E-state index contributed by atoms with van der Waals surface area (Å²) < 4.78 is 5.88. The number of benzene rings is 1. The molecule has 0 aliphatic rings. The van der Waals surface area contributed by atoms with Gasteiger partial charge in [0.2, 0.25) is 0 Å². The second-order valence-corrected chi connectivity index (χ2v) is 4.89. The molecule has 0 unspecified atom stereocenters. The predicted octanol–water partition coefficient (Wildman–Crippen LogP) is 3.30. The van der Waals surface area contributed by atoms with Crippen molar-refractivity contribution in [1.29, 1.82) is 0 Å². The summed E-state index contributed by atoms with van der Waals surface area (Å²) in [6.45, 7) is 6.44. The maximum absolute atomic E-state index is 5.96. The number of aromatic nitrogens is 1. The summed E-state index contributed by atoms with van der Waals surface area (Å²) in [4.78, 5) is 4.43. The molecule has 1 aromatic carbocycles. The molecular formula is C16H20N2O. The highest BCUT2D eigenvalue weighted by molar-refractivity contribution is 5.39. The van der Waals surface area contributed by atoms with Crippen LogP contribution in [0.4, 0.5) is 0 Å². The Balaban J connectivity index is 2.17. The van der Waals surface area contributed by atoms with E-state index in [1.807, 2.05) is 51.1 Å². The first-order valence-corrected chi connectivity index (χ1v) is 6.47. The van der Waals surface area contributed by atoms with Gasteiger partial charge in [-0.05, 0) is 44.5 Å². The van der Waals surface area contributed by atoms with Gasteiger partial charge in [0, 0.05) is 17.3 Å². The van der Waals surface area contributed by atoms with Crippen molar-refractivity contribution >= 4 is 0 Å². The molecule has 0 aliphatic heterocycles. The van der Waals surface area contributed by atoms with Gasteiger partial charge in [-0.3, -0.25) is 4.98 Å². The largest absolute Gasteiger partial charge is 0.487 e. The second-order valence-electron chi connectivity index (χ2n) is 4.89. The van der Waals surface area contributed by atoms with Crippen molar-refractivity contribution in [3.8, 4) is 5.75 Å². The summed E-state index contributed by atoms with van der Waals surface area (Å²) in [5, 5.41) is 0. The average molecular weight is 256 g/mol. The van der Waals surface area contributed by atoms with Gasteiger partial charge in [0.15, 0.2) is 0 Å². The van der Waals surface area contributed by atoms with Gasteiger partial charge in [0.05, 0.1) is 5.69 Å². The van der Waals surface area contributed by atoms with E-state index in [9.17, 15) is 0 Å². The molecule has 2 N–H and O–H groups in total. The van der Waals surface area contributed by atoms with Crippen molar-refractivity contribution in [3.63, 3.8) is 0 Å². The molecule has 2 aromatic rings. The zero-order valence-electron chi connectivity index (χ0n) is 11.7. The topological polar surface area (TPSA) is 48.1 Å². The third kappa shape index (κ3) is 3.55. The maximum Gasteiger partial charge on any atom is 0.130 e. The van der Waals surface area contributed by atoms with Gasteiger partial charge in [0.25, 0.3) is 0 Å². The Labute approximate surface area is 114 Å². The summed E-state index contributed by atoms with van der Waals surface area (Å²) in [5.74, 6) is 0.846. The summed E-state index contributed by atoms with van der Waals surface area (Å²) in [7, 11) is 0. The van der Waals surface area contributed by atoms with Gasteiger partial charge in [-0.25, -0.2) is 0 Å². The van der Waals surface area contributed by atoms with Gasteiger partial charge in [-0.15, -0.1) is 0 Å². The Morgan fingerprint density at radius 1 is 1.21 bits per heavy atom. The molecule has 1 heterocycles. The minimum Gasteiger partial charge on any atom is -0.487 e. The molecule has 1 aromatic heterocycles. The van der Waals surface area contributed by atoms with Crippen molar-refractivity contribution in [1.82, 2.24) is 4.98 Å². The molecule has 0 spiro atoms. The third-order valence-electron chi connectivity index (χ3n) is 2.98. The molecule has 100 valence electrons. The molecule has 0 saturated heterocycles. The molecule has 1 atom stereocenters. The Bertz CT molecular complexity index is 564. The van der Waals surface area contributed by atoms with Crippen molar-refractivity contribution in [2.24, 2.45) is 5.73 Å².